The zero-order valence-corrected chi connectivity index (χ0v) is 14.7. The third kappa shape index (κ3) is 3.45. The van der Waals surface area contributed by atoms with Gasteiger partial charge in [-0.25, -0.2) is 0 Å². The van der Waals surface area contributed by atoms with Crippen LogP contribution in [0.3, 0.4) is 0 Å². The predicted molar refractivity (Wildman–Crippen MR) is 78.0 cm³/mol. The van der Waals surface area contributed by atoms with Crippen LogP contribution in [0, 0.1) is 14.1 Å². The van der Waals surface area contributed by atoms with Crippen LogP contribution < -0.4 is 26.4 Å². The van der Waals surface area contributed by atoms with Crippen LogP contribution in [-0.2, 0) is 0 Å². The van der Waals surface area contributed by atoms with Crippen LogP contribution in [0.4, 0.5) is 0 Å². The van der Waals surface area contributed by atoms with E-state index in [0.29, 0.717) is 0 Å². The second-order valence-corrected chi connectivity index (χ2v) is 13.6. The summed E-state index contributed by atoms with van der Waals surface area (Å²) < 4.78 is 3.13. The molecule has 0 N–H and O–H groups in total. The Kier molecular flexibility index (Phi) is 4.28. The molecule has 0 saturated heterocycles. The van der Waals surface area contributed by atoms with Gasteiger partial charge in [0.25, 0.3) is 0 Å². The van der Waals surface area contributed by atoms with Gasteiger partial charge >= 0.3 is 21.2 Å². The van der Waals surface area contributed by atoms with E-state index in [1.807, 2.05) is 0 Å². The Hall–Kier alpha value is -0.613. The summed E-state index contributed by atoms with van der Waals surface area (Å²) in [4.78, 5) is 0. The second kappa shape index (κ2) is 5.57. The molecule has 0 heterocycles. The van der Waals surface area contributed by atoms with E-state index in [1.165, 1.54) is 9.13 Å². The highest BCUT2D eigenvalue weighted by Crippen LogP contribution is 2.04. The van der Waals surface area contributed by atoms with Gasteiger partial charge in [-0.1, -0.05) is 55.5 Å². The normalized spacial score (nSPS) is 11.6. The minimum atomic E-state index is -1.24. The quantitative estimate of drug-likeness (QED) is 0.553. The lowest BCUT2D eigenvalue weighted by Gasteiger charge is -2.16. The number of rotatable bonds is 3. The van der Waals surface area contributed by atoms with Crippen molar-refractivity contribution >= 4 is 13.3 Å². The number of hydrogen-bond acceptors (Lipinski definition) is 0. The zero-order valence-electron chi connectivity index (χ0n) is 11.5. The summed E-state index contributed by atoms with van der Waals surface area (Å²) in [5.41, 5.74) is 1.40. The Morgan fingerprint density at radius 2 is 1.56 bits per heavy atom. The Morgan fingerprint density at radius 1 is 0.889 bits per heavy atom. The van der Waals surface area contributed by atoms with Gasteiger partial charge in [-0.2, -0.15) is 0 Å². The Bertz CT molecular complexity index is 527. The molecule has 0 bridgehead atoms. The molecule has 2 rings (SSSR count). The Balaban J connectivity index is 2.39. The maximum absolute atomic E-state index is 2.44. The molecule has 0 nitrogen and oxygen atoms in total. The summed E-state index contributed by atoms with van der Waals surface area (Å²) in [6.07, 6.45) is 0. The summed E-state index contributed by atoms with van der Waals surface area (Å²) in [5.74, 6) is 0. The average molecular weight is 367 g/mol. The van der Waals surface area contributed by atoms with E-state index in [1.54, 1.807) is 8.76 Å². The molecule has 0 radical (unpaired) electrons. The summed E-state index contributed by atoms with van der Waals surface area (Å²) in [7, 11) is -1.24. The van der Waals surface area contributed by atoms with Gasteiger partial charge < -0.3 is 0 Å². The van der Waals surface area contributed by atoms with Gasteiger partial charge in [-0.15, -0.1) is 0 Å². The fourth-order valence-corrected chi connectivity index (χ4v) is 8.35. The number of halogens is 1. The van der Waals surface area contributed by atoms with E-state index in [0.717, 1.165) is 0 Å². The lowest BCUT2D eigenvalue weighted by atomic mass is 10.2. The minimum absolute atomic E-state index is 0.0370. The van der Waals surface area contributed by atoms with Crippen LogP contribution in [0.2, 0.25) is 19.6 Å². The fraction of sp³-hybridized carbons (Fsp3) is 0.250. The first kappa shape index (κ1) is 13.8. The van der Waals surface area contributed by atoms with E-state index in [4.69, 9.17) is 0 Å². The first-order valence-electron chi connectivity index (χ1n) is 6.28. The van der Waals surface area contributed by atoms with Gasteiger partial charge in [0.15, 0.2) is 7.14 Å². The molecule has 0 aliphatic rings. The third-order valence-corrected chi connectivity index (χ3v) is 8.28. The molecule has 0 unspecified atom stereocenters. The Labute approximate surface area is 122 Å². The largest absolute Gasteiger partial charge is 0.357 e. The van der Waals surface area contributed by atoms with E-state index in [2.05, 4.69) is 75.1 Å². The molecule has 2 aromatic carbocycles. The van der Waals surface area contributed by atoms with Crippen LogP contribution >= 0.6 is 0 Å². The van der Waals surface area contributed by atoms with Gasteiger partial charge in [0.1, 0.15) is 0 Å². The standard InChI is InChI=1S/C16H20ISi/c1-13-10-11-15(16(12-13)18(2,3)4)17-14-8-6-5-7-9-14/h5-12H,1-4H3/q+1. The molecule has 0 fully saturated rings. The van der Waals surface area contributed by atoms with Crippen molar-refractivity contribution in [1.82, 2.24) is 0 Å². The monoisotopic (exact) mass is 367 g/mol. The molecule has 0 atom stereocenters. The molecule has 2 aromatic rings. The van der Waals surface area contributed by atoms with Crippen LogP contribution in [0.25, 0.3) is 0 Å². The van der Waals surface area contributed by atoms with Crippen LogP contribution in [0.15, 0.2) is 48.5 Å². The molecule has 2 heteroatoms. The zero-order chi connectivity index (χ0) is 13.2. The summed E-state index contributed by atoms with van der Waals surface area (Å²) >= 11 is -0.0370. The SMILES string of the molecule is Cc1ccc([I+]c2ccccc2)c([Si](C)(C)C)c1. The molecule has 0 aromatic heterocycles. The highest BCUT2D eigenvalue weighted by molar-refractivity contribution is 6.88. The number of benzene rings is 2. The van der Waals surface area contributed by atoms with E-state index in [9.17, 15) is 0 Å². The van der Waals surface area contributed by atoms with Crippen molar-refractivity contribution in [3.8, 4) is 0 Å². The molecule has 0 saturated carbocycles. The predicted octanol–water partition coefficient (Wildman–Crippen LogP) is 0.669. The van der Waals surface area contributed by atoms with E-state index < -0.39 is 8.07 Å². The first-order chi connectivity index (χ1) is 8.47. The van der Waals surface area contributed by atoms with Gasteiger partial charge in [-0.3, -0.25) is 0 Å². The first-order valence-corrected chi connectivity index (χ1v) is 11.9. The second-order valence-electron chi connectivity index (χ2n) is 5.62. The van der Waals surface area contributed by atoms with Crippen LogP contribution in [0.1, 0.15) is 5.56 Å². The Morgan fingerprint density at radius 3 is 2.17 bits per heavy atom. The molecule has 0 aliphatic carbocycles. The highest BCUT2D eigenvalue weighted by atomic mass is 127. The summed E-state index contributed by atoms with van der Waals surface area (Å²) in [6.45, 7) is 9.54. The third-order valence-electron chi connectivity index (χ3n) is 2.87. The van der Waals surface area contributed by atoms with E-state index in [-0.39, 0.29) is 21.2 Å². The fourth-order valence-electron chi connectivity index (χ4n) is 1.89. The topological polar surface area (TPSA) is 0 Å². The smallest absolute Gasteiger partial charge is 0.0655 e. The van der Waals surface area contributed by atoms with Gasteiger partial charge in [0, 0.05) is 0 Å². The van der Waals surface area contributed by atoms with Gasteiger partial charge in [-0.05, 0) is 30.3 Å². The average Bonchev–Trinajstić information content (AvgIpc) is 2.31. The van der Waals surface area contributed by atoms with Gasteiger partial charge in [0.2, 0.25) is 0 Å². The molecular weight excluding hydrogens is 347 g/mol. The van der Waals surface area contributed by atoms with Crippen molar-refractivity contribution in [2.24, 2.45) is 0 Å². The van der Waals surface area contributed by atoms with Crippen molar-refractivity contribution in [2.45, 2.75) is 26.6 Å². The van der Waals surface area contributed by atoms with Crippen LogP contribution in [0.5, 0.6) is 0 Å². The number of hydrogen-bond donors (Lipinski definition) is 0. The van der Waals surface area contributed by atoms with Crippen LogP contribution in [-0.4, -0.2) is 8.07 Å². The lowest BCUT2D eigenvalue weighted by Crippen LogP contribution is -3.62. The van der Waals surface area contributed by atoms with E-state index >= 15 is 0 Å². The molecule has 0 aliphatic heterocycles. The van der Waals surface area contributed by atoms with Crippen molar-refractivity contribution in [3.05, 3.63) is 61.2 Å². The molecule has 94 valence electrons. The maximum Gasteiger partial charge on any atom is 0.357 e. The molecule has 0 spiro atoms. The molecule has 18 heavy (non-hydrogen) atoms. The van der Waals surface area contributed by atoms with Crippen molar-refractivity contribution in [1.29, 1.82) is 0 Å². The lowest BCUT2D eigenvalue weighted by molar-refractivity contribution is -0.596. The molecule has 0 amide bonds. The highest BCUT2D eigenvalue weighted by Gasteiger charge is 2.28. The van der Waals surface area contributed by atoms with Crippen molar-refractivity contribution < 1.29 is 21.2 Å². The van der Waals surface area contributed by atoms with Gasteiger partial charge in [0.05, 0.1) is 8.07 Å². The maximum atomic E-state index is 2.44. The summed E-state index contributed by atoms with van der Waals surface area (Å²) in [5, 5.41) is 1.65. The summed E-state index contributed by atoms with van der Waals surface area (Å²) in [6, 6.07) is 18.0. The van der Waals surface area contributed by atoms with Crippen molar-refractivity contribution in [3.63, 3.8) is 0 Å². The van der Waals surface area contributed by atoms with Crippen molar-refractivity contribution in [2.75, 3.05) is 0 Å². The minimum Gasteiger partial charge on any atom is -0.0655 e. The molecular formula is C16H20ISi+. The number of aryl methyl sites for hydroxylation is 1.